The van der Waals surface area contributed by atoms with Crippen LogP contribution in [0.4, 0.5) is 0 Å². The average molecular weight is 441 g/mol. The Morgan fingerprint density at radius 1 is 1.03 bits per heavy atom. The van der Waals surface area contributed by atoms with E-state index in [0.29, 0.717) is 29.6 Å². The van der Waals surface area contributed by atoms with Crippen molar-refractivity contribution in [3.8, 4) is 17.2 Å². The van der Waals surface area contributed by atoms with Gasteiger partial charge in [-0.15, -0.1) is 10.2 Å². The third kappa shape index (κ3) is 5.58. The van der Waals surface area contributed by atoms with Crippen LogP contribution >= 0.6 is 11.8 Å². The Hall–Kier alpha value is -3.00. The van der Waals surface area contributed by atoms with Crippen molar-refractivity contribution in [2.75, 3.05) is 26.5 Å². The molecule has 0 bridgehead atoms. The summed E-state index contributed by atoms with van der Waals surface area (Å²) >= 11 is 1.38. The second kappa shape index (κ2) is 10.3. The molecule has 0 aliphatic rings. The van der Waals surface area contributed by atoms with Crippen LogP contribution in [0, 0.1) is 20.8 Å². The highest BCUT2D eigenvalue weighted by atomic mass is 32.2. The lowest BCUT2D eigenvalue weighted by molar-refractivity contribution is -0.118. The number of carbonyl (C=O) groups excluding carboxylic acids is 1. The summed E-state index contributed by atoms with van der Waals surface area (Å²) in [7, 11) is 3.22. The molecule has 1 aromatic heterocycles. The molecule has 0 saturated carbocycles. The number of rotatable bonds is 9. The van der Waals surface area contributed by atoms with E-state index in [9.17, 15) is 4.79 Å². The monoisotopic (exact) mass is 440 g/mol. The van der Waals surface area contributed by atoms with Crippen molar-refractivity contribution in [3.63, 3.8) is 0 Å². The van der Waals surface area contributed by atoms with Crippen molar-refractivity contribution in [1.82, 2.24) is 20.1 Å². The largest absolute Gasteiger partial charge is 0.493 e. The molecule has 8 heteroatoms. The Morgan fingerprint density at radius 2 is 1.81 bits per heavy atom. The molecule has 1 amide bonds. The summed E-state index contributed by atoms with van der Waals surface area (Å²) in [4.78, 5) is 12.4. The third-order valence-corrected chi connectivity index (χ3v) is 5.85. The van der Waals surface area contributed by atoms with Crippen LogP contribution in [0.1, 0.15) is 22.5 Å². The second-order valence-electron chi connectivity index (χ2n) is 7.23. The van der Waals surface area contributed by atoms with Gasteiger partial charge in [-0.25, -0.2) is 0 Å². The Balaban J connectivity index is 1.57. The summed E-state index contributed by atoms with van der Waals surface area (Å²) in [5, 5.41) is 12.2. The molecule has 1 heterocycles. The number of amides is 1. The maximum atomic E-state index is 12.4. The summed E-state index contributed by atoms with van der Waals surface area (Å²) < 4.78 is 12.6. The number of hydrogen-bond donors (Lipinski definition) is 1. The van der Waals surface area contributed by atoms with Gasteiger partial charge in [-0.05, 0) is 62.1 Å². The minimum atomic E-state index is -0.0429. The van der Waals surface area contributed by atoms with Crippen LogP contribution in [-0.4, -0.2) is 47.2 Å². The number of hydrogen-bond acceptors (Lipinski definition) is 6. The van der Waals surface area contributed by atoms with Crippen LogP contribution in [0.15, 0.2) is 41.6 Å². The van der Waals surface area contributed by atoms with Gasteiger partial charge in [0.1, 0.15) is 5.82 Å². The summed E-state index contributed by atoms with van der Waals surface area (Å²) in [5.41, 5.74) is 4.40. The van der Waals surface area contributed by atoms with Crippen molar-refractivity contribution in [1.29, 1.82) is 0 Å². The number of ether oxygens (including phenoxy) is 2. The van der Waals surface area contributed by atoms with E-state index in [2.05, 4.69) is 47.6 Å². The normalized spacial score (nSPS) is 10.7. The molecule has 0 radical (unpaired) electrons. The molecule has 0 unspecified atom stereocenters. The zero-order valence-corrected chi connectivity index (χ0v) is 19.4. The number of aromatic nitrogens is 3. The number of aryl methyl sites for hydroxylation is 3. The highest BCUT2D eigenvalue weighted by Crippen LogP contribution is 2.28. The number of benzene rings is 2. The lowest BCUT2D eigenvalue weighted by atomic mass is 10.1. The van der Waals surface area contributed by atoms with Gasteiger partial charge in [-0.1, -0.05) is 30.0 Å². The zero-order chi connectivity index (χ0) is 22.4. The zero-order valence-electron chi connectivity index (χ0n) is 18.6. The van der Waals surface area contributed by atoms with Gasteiger partial charge < -0.3 is 14.8 Å². The fraction of sp³-hybridized carbons (Fsp3) is 0.348. The van der Waals surface area contributed by atoms with Crippen LogP contribution in [0.25, 0.3) is 5.69 Å². The number of thioether (sulfide) groups is 1. The number of nitrogens with one attached hydrogen (secondary N) is 1. The number of nitrogens with zero attached hydrogens (tertiary/aromatic N) is 3. The first-order valence-electron chi connectivity index (χ1n) is 10.0. The lowest BCUT2D eigenvalue weighted by Crippen LogP contribution is -2.27. The molecule has 7 nitrogen and oxygen atoms in total. The van der Waals surface area contributed by atoms with Gasteiger partial charge in [0.05, 0.1) is 25.7 Å². The van der Waals surface area contributed by atoms with Gasteiger partial charge in [0.2, 0.25) is 5.91 Å². The standard InChI is InChI=1S/C23H28N4O3S/c1-15-6-7-16(2)19(12-15)27-17(3)25-26-23(27)31-14-22(28)24-11-10-18-8-9-20(29-4)21(13-18)30-5/h6-9,12-13H,10-11,14H2,1-5H3,(H,24,28). The predicted molar refractivity (Wildman–Crippen MR) is 123 cm³/mol. The van der Waals surface area contributed by atoms with Crippen molar-refractivity contribution < 1.29 is 14.3 Å². The van der Waals surface area contributed by atoms with Crippen LogP contribution in [0.5, 0.6) is 11.5 Å². The summed E-state index contributed by atoms with van der Waals surface area (Å²) in [5.74, 6) is 2.40. The quantitative estimate of drug-likeness (QED) is 0.512. The summed E-state index contributed by atoms with van der Waals surface area (Å²) in [6, 6.07) is 12.0. The first-order valence-corrected chi connectivity index (χ1v) is 11.0. The van der Waals surface area contributed by atoms with E-state index >= 15 is 0 Å². The van der Waals surface area contributed by atoms with E-state index in [4.69, 9.17) is 9.47 Å². The molecule has 2 aromatic carbocycles. The van der Waals surface area contributed by atoms with Crippen molar-refractivity contribution in [2.24, 2.45) is 0 Å². The van der Waals surface area contributed by atoms with Gasteiger partial charge in [0, 0.05) is 6.54 Å². The van der Waals surface area contributed by atoms with Crippen molar-refractivity contribution in [2.45, 2.75) is 32.3 Å². The Kier molecular flexibility index (Phi) is 7.57. The fourth-order valence-corrected chi connectivity index (χ4v) is 4.06. The maximum absolute atomic E-state index is 12.4. The van der Waals surface area contributed by atoms with Gasteiger partial charge in [-0.2, -0.15) is 0 Å². The third-order valence-electron chi connectivity index (χ3n) is 4.92. The average Bonchev–Trinajstić information content (AvgIpc) is 3.13. The molecule has 164 valence electrons. The molecular formula is C23H28N4O3S. The van der Waals surface area contributed by atoms with E-state index < -0.39 is 0 Å². The topological polar surface area (TPSA) is 78.3 Å². The highest BCUT2D eigenvalue weighted by Gasteiger charge is 2.15. The minimum Gasteiger partial charge on any atom is -0.493 e. The molecule has 1 N–H and O–H groups in total. The van der Waals surface area contributed by atoms with Gasteiger partial charge >= 0.3 is 0 Å². The maximum Gasteiger partial charge on any atom is 0.230 e. The van der Waals surface area contributed by atoms with E-state index in [0.717, 1.165) is 28.2 Å². The molecule has 0 saturated heterocycles. The Labute approximate surface area is 187 Å². The molecule has 3 rings (SSSR count). The number of methoxy groups -OCH3 is 2. The summed E-state index contributed by atoms with van der Waals surface area (Å²) in [6.45, 7) is 6.57. The van der Waals surface area contributed by atoms with Crippen molar-refractivity contribution in [3.05, 3.63) is 58.9 Å². The minimum absolute atomic E-state index is 0.0429. The smallest absolute Gasteiger partial charge is 0.230 e. The fourth-order valence-electron chi connectivity index (χ4n) is 3.24. The first-order chi connectivity index (χ1) is 14.9. The van der Waals surface area contributed by atoms with E-state index in [1.54, 1.807) is 14.2 Å². The van der Waals surface area contributed by atoms with E-state index in [1.165, 1.54) is 11.8 Å². The van der Waals surface area contributed by atoms with Gasteiger partial charge in [0.25, 0.3) is 0 Å². The lowest BCUT2D eigenvalue weighted by Gasteiger charge is -2.12. The van der Waals surface area contributed by atoms with Gasteiger partial charge in [0.15, 0.2) is 16.7 Å². The molecule has 0 atom stereocenters. The predicted octanol–water partition coefficient (Wildman–Crippen LogP) is 3.66. The molecule has 0 spiro atoms. The molecule has 0 aliphatic heterocycles. The molecular weight excluding hydrogens is 412 g/mol. The molecule has 0 aliphatic carbocycles. The first kappa shape index (κ1) is 22.7. The highest BCUT2D eigenvalue weighted by molar-refractivity contribution is 7.99. The van der Waals surface area contributed by atoms with Crippen LogP contribution in [0.2, 0.25) is 0 Å². The summed E-state index contributed by atoms with van der Waals surface area (Å²) in [6.07, 6.45) is 0.703. The van der Waals surface area contributed by atoms with Crippen LogP contribution in [-0.2, 0) is 11.2 Å². The number of carbonyl (C=O) groups is 1. The molecule has 31 heavy (non-hydrogen) atoms. The molecule has 0 fully saturated rings. The van der Waals surface area contributed by atoms with Crippen LogP contribution < -0.4 is 14.8 Å². The van der Waals surface area contributed by atoms with E-state index in [1.807, 2.05) is 29.7 Å². The SMILES string of the molecule is COc1ccc(CCNC(=O)CSc2nnc(C)n2-c2cc(C)ccc2C)cc1OC. The van der Waals surface area contributed by atoms with Crippen molar-refractivity contribution >= 4 is 17.7 Å². The van der Waals surface area contributed by atoms with E-state index in [-0.39, 0.29) is 11.7 Å². The Bertz CT molecular complexity index is 1060. The molecule has 3 aromatic rings. The van der Waals surface area contributed by atoms with Gasteiger partial charge in [-0.3, -0.25) is 9.36 Å². The Morgan fingerprint density at radius 3 is 2.55 bits per heavy atom. The van der Waals surface area contributed by atoms with Crippen LogP contribution in [0.3, 0.4) is 0 Å². The second-order valence-corrected chi connectivity index (χ2v) is 8.18.